The van der Waals surface area contributed by atoms with E-state index in [4.69, 9.17) is 27.9 Å². The number of likely N-dealkylation sites (N-methyl/N-ethyl adjacent to an activating group) is 1. The molecule has 3 rings (SSSR count). The molecule has 2 amide bonds. The zero-order valence-corrected chi connectivity index (χ0v) is 18.5. The van der Waals surface area contributed by atoms with Gasteiger partial charge in [-0.05, 0) is 49.2 Å². The van der Waals surface area contributed by atoms with Crippen LogP contribution in [-0.4, -0.2) is 55.4 Å². The van der Waals surface area contributed by atoms with Gasteiger partial charge in [-0.15, -0.1) is 0 Å². The van der Waals surface area contributed by atoms with Gasteiger partial charge < -0.3 is 15.0 Å². The fourth-order valence-electron chi connectivity index (χ4n) is 3.61. The summed E-state index contributed by atoms with van der Waals surface area (Å²) in [4.78, 5) is 28.6. The van der Waals surface area contributed by atoms with Crippen molar-refractivity contribution in [2.45, 2.75) is 18.9 Å². The Labute approximate surface area is 186 Å². The Balaban J connectivity index is 1.56. The first-order valence-electron chi connectivity index (χ1n) is 9.74. The molecule has 1 unspecified atom stereocenters. The second-order valence-corrected chi connectivity index (χ2v) is 8.15. The van der Waals surface area contributed by atoms with Crippen LogP contribution in [0.25, 0.3) is 0 Å². The molecule has 1 aliphatic rings. The number of rotatable bonds is 7. The lowest BCUT2D eigenvalue weighted by atomic mass is 10.0. The van der Waals surface area contributed by atoms with Crippen LogP contribution in [0.3, 0.4) is 0 Å². The average molecular weight is 450 g/mol. The van der Waals surface area contributed by atoms with Crippen LogP contribution in [0.5, 0.6) is 5.75 Å². The summed E-state index contributed by atoms with van der Waals surface area (Å²) in [5, 5.41) is 3.82. The molecule has 6 nitrogen and oxygen atoms in total. The predicted molar refractivity (Wildman–Crippen MR) is 119 cm³/mol. The van der Waals surface area contributed by atoms with E-state index in [1.54, 1.807) is 44.5 Å². The number of benzene rings is 2. The van der Waals surface area contributed by atoms with Crippen molar-refractivity contribution in [3.63, 3.8) is 0 Å². The summed E-state index contributed by atoms with van der Waals surface area (Å²) in [6.07, 6.45) is 1.95. The summed E-state index contributed by atoms with van der Waals surface area (Å²) in [5.74, 6) is 0.281. The number of nitrogens with zero attached hydrogens (tertiary/aromatic N) is 2. The van der Waals surface area contributed by atoms with Crippen molar-refractivity contribution < 1.29 is 14.3 Å². The number of carbonyl (C=O) groups excluding carboxylic acids is 2. The van der Waals surface area contributed by atoms with Crippen molar-refractivity contribution in [3.05, 3.63) is 58.1 Å². The molecule has 1 saturated heterocycles. The SMILES string of the molecule is COc1cccc(NC(=O)CN(C)C(=O)CN2CCCC2c2ccc(Cl)c(Cl)c2)c1. The molecule has 2 aromatic carbocycles. The van der Waals surface area contributed by atoms with Gasteiger partial charge in [-0.25, -0.2) is 0 Å². The van der Waals surface area contributed by atoms with Gasteiger partial charge in [-0.1, -0.05) is 35.3 Å². The van der Waals surface area contributed by atoms with Gasteiger partial charge in [0.2, 0.25) is 11.8 Å². The number of halogens is 2. The summed E-state index contributed by atoms with van der Waals surface area (Å²) >= 11 is 12.2. The Morgan fingerprint density at radius 3 is 2.73 bits per heavy atom. The minimum Gasteiger partial charge on any atom is -0.497 e. The van der Waals surface area contributed by atoms with E-state index in [2.05, 4.69) is 10.2 Å². The number of methoxy groups -OCH3 is 1. The standard InChI is InChI=1S/C22H25Cl2N3O3/c1-26(13-21(28)25-16-5-3-6-17(12-16)30-2)22(29)14-27-10-4-7-20(27)15-8-9-18(23)19(24)11-15/h3,5-6,8-9,11-12,20H,4,7,10,13-14H2,1-2H3,(H,25,28). The van der Waals surface area contributed by atoms with E-state index in [1.807, 2.05) is 12.1 Å². The Morgan fingerprint density at radius 1 is 1.20 bits per heavy atom. The number of amides is 2. The highest BCUT2D eigenvalue weighted by Gasteiger charge is 2.29. The number of nitrogens with one attached hydrogen (secondary N) is 1. The predicted octanol–water partition coefficient (Wildman–Crippen LogP) is 4.24. The molecule has 30 heavy (non-hydrogen) atoms. The Bertz CT molecular complexity index is 922. The van der Waals surface area contributed by atoms with E-state index in [1.165, 1.54) is 4.90 Å². The molecule has 2 aromatic rings. The molecular formula is C22H25Cl2N3O3. The fourth-order valence-corrected chi connectivity index (χ4v) is 3.92. The van der Waals surface area contributed by atoms with Gasteiger partial charge in [0.25, 0.3) is 0 Å². The summed E-state index contributed by atoms with van der Waals surface area (Å²) in [6.45, 7) is 1.04. The highest BCUT2D eigenvalue weighted by molar-refractivity contribution is 6.42. The van der Waals surface area contributed by atoms with Crippen LogP contribution in [0, 0.1) is 0 Å². The molecule has 1 atom stereocenters. The molecule has 1 N–H and O–H groups in total. The number of ether oxygens (including phenoxy) is 1. The van der Waals surface area contributed by atoms with Gasteiger partial charge in [0, 0.05) is 24.8 Å². The van der Waals surface area contributed by atoms with Gasteiger partial charge in [-0.2, -0.15) is 0 Å². The van der Waals surface area contributed by atoms with Crippen molar-refractivity contribution in [3.8, 4) is 5.75 Å². The smallest absolute Gasteiger partial charge is 0.243 e. The third-order valence-electron chi connectivity index (χ3n) is 5.19. The average Bonchev–Trinajstić information content (AvgIpc) is 3.18. The van der Waals surface area contributed by atoms with E-state index >= 15 is 0 Å². The maximum Gasteiger partial charge on any atom is 0.243 e. The molecule has 0 spiro atoms. The number of hydrogen-bond acceptors (Lipinski definition) is 4. The first-order valence-corrected chi connectivity index (χ1v) is 10.5. The quantitative estimate of drug-likeness (QED) is 0.686. The zero-order valence-electron chi connectivity index (χ0n) is 17.0. The fraction of sp³-hybridized carbons (Fsp3) is 0.364. The molecule has 0 aliphatic carbocycles. The zero-order chi connectivity index (χ0) is 21.7. The number of hydrogen-bond donors (Lipinski definition) is 1. The first kappa shape index (κ1) is 22.4. The summed E-state index contributed by atoms with van der Waals surface area (Å²) in [6, 6.07) is 12.8. The molecule has 1 heterocycles. The lowest BCUT2D eigenvalue weighted by Gasteiger charge is -2.27. The van der Waals surface area contributed by atoms with Crippen molar-refractivity contribution >= 4 is 40.7 Å². The highest BCUT2D eigenvalue weighted by atomic mass is 35.5. The lowest BCUT2D eigenvalue weighted by Crippen LogP contribution is -2.41. The maximum absolute atomic E-state index is 12.7. The van der Waals surface area contributed by atoms with Crippen molar-refractivity contribution in [1.29, 1.82) is 0 Å². The van der Waals surface area contributed by atoms with Crippen LogP contribution in [0.15, 0.2) is 42.5 Å². The van der Waals surface area contributed by atoms with Gasteiger partial charge in [0.05, 0.1) is 30.2 Å². The molecular weight excluding hydrogens is 425 g/mol. The van der Waals surface area contributed by atoms with Gasteiger partial charge >= 0.3 is 0 Å². The van der Waals surface area contributed by atoms with Crippen LogP contribution in [0.4, 0.5) is 5.69 Å². The minimum absolute atomic E-state index is 0.0265. The van der Waals surface area contributed by atoms with Crippen molar-refractivity contribution in [1.82, 2.24) is 9.80 Å². The minimum atomic E-state index is -0.262. The molecule has 0 radical (unpaired) electrons. The van der Waals surface area contributed by atoms with Crippen LogP contribution >= 0.6 is 23.2 Å². The van der Waals surface area contributed by atoms with Crippen molar-refractivity contribution in [2.75, 3.05) is 39.1 Å². The van der Waals surface area contributed by atoms with E-state index in [-0.39, 0.29) is 30.9 Å². The number of likely N-dealkylation sites (tertiary alicyclic amines) is 1. The lowest BCUT2D eigenvalue weighted by molar-refractivity contribution is -0.134. The van der Waals surface area contributed by atoms with Gasteiger partial charge in [0.1, 0.15) is 5.75 Å². The molecule has 8 heteroatoms. The molecule has 0 bridgehead atoms. The van der Waals surface area contributed by atoms with E-state index < -0.39 is 0 Å². The second-order valence-electron chi connectivity index (χ2n) is 7.33. The first-order chi connectivity index (χ1) is 14.4. The maximum atomic E-state index is 12.7. The van der Waals surface area contributed by atoms with Crippen LogP contribution in [-0.2, 0) is 9.59 Å². The second kappa shape index (κ2) is 10.2. The molecule has 0 aromatic heterocycles. The number of carbonyl (C=O) groups is 2. The van der Waals surface area contributed by atoms with E-state index in [0.717, 1.165) is 24.9 Å². The highest BCUT2D eigenvalue weighted by Crippen LogP contribution is 2.34. The van der Waals surface area contributed by atoms with E-state index in [0.29, 0.717) is 21.5 Å². The summed E-state index contributed by atoms with van der Waals surface area (Å²) in [7, 11) is 3.20. The summed E-state index contributed by atoms with van der Waals surface area (Å²) < 4.78 is 5.15. The molecule has 1 fully saturated rings. The van der Waals surface area contributed by atoms with Crippen LogP contribution in [0.2, 0.25) is 10.0 Å². The topological polar surface area (TPSA) is 61.9 Å². The van der Waals surface area contributed by atoms with Crippen LogP contribution in [0.1, 0.15) is 24.4 Å². The Hall–Kier alpha value is -2.28. The third kappa shape index (κ3) is 5.65. The molecule has 160 valence electrons. The normalized spacial score (nSPS) is 16.3. The van der Waals surface area contributed by atoms with E-state index in [9.17, 15) is 9.59 Å². The molecule has 1 aliphatic heterocycles. The third-order valence-corrected chi connectivity index (χ3v) is 5.93. The largest absolute Gasteiger partial charge is 0.497 e. The van der Waals surface area contributed by atoms with Crippen molar-refractivity contribution in [2.24, 2.45) is 0 Å². The summed E-state index contributed by atoms with van der Waals surface area (Å²) in [5.41, 5.74) is 1.67. The Morgan fingerprint density at radius 2 is 2.00 bits per heavy atom. The monoisotopic (exact) mass is 449 g/mol. The van der Waals surface area contributed by atoms with Crippen LogP contribution < -0.4 is 10.1 Å². The molecule has 0 saturated carbocycles. The van der Waals surface area contributed by atoms with Gasteiger partial charge in [-0.3, -0.25) is 14.5 Å². The van der Waals surface area contributed by atoms with Gasteiger partial charge in [0.15, 0.2) is 0 Å². The number of anilines is 1. The Kier molecular flexibility index (Phi) is 7.58.